The van der Waals surface area contributed by atoms with Gasteiger partial charge in [0, 0.05) is 26.2 Å². The first-order valence-electron chi connectivity index (χ1n) is 10.3. The summed E-state index contributed by atoms with van der Waals surface area (Å²) in [5, 5.41) is 11.5. The van der Waals surface area contributed by atoms with Gasteiger partial charge in [0.15, 0.2) is 6.10 Å². The van der Waals surface area contributed by atoms with Crippen LogP contribution in [0.2, 0.25) is 0 Å². The smallest absolute Gasteiger partial charge is 0.265 e. The Balaban J connectivity index is 1.46. The number of sulfonamides is 1. The summed E-state index contributed by atoms with van der Waals surface area (Å²) in [5.41, 5.74) is 0.230. The van der Waals surface area contributed by atoms with Crippen LogP contribution in [0.25, 0.3) is 0 Å². The molecule has 0 bridgehead atoms. The van der Waals surface area contributed by atoms with Crippen LogP contribution in [0.3, 0.4) is 0 Å². The van der Waals surface area contributed by atoms with E-state index in [0.29, 0.717) is 12.2 Å². The third-order valence-corrected chi connectivity index (χ3v) is 7.53. The molecule has 1 atom stereocenters. The molecule has 2 heterocycles. The summed E-state index contributed by atoms with van der Waals surface area (Å²) in [4.78, 5) is 26.1. The highest BCUT2D eigenvalue weighted by molar-refractivity contribution is 7.89. The van der Waals surface area contributed by atoms with E-state index < -0.39 is 27.9 Å². The van der Waals surface area contributed by atoms with Gasteiger partial charge in [0.1, 0.15) is 11.6 Å². The predicted octanol–water partition coefficient (Wildman–Crippen LogP) is 1.95. The van der Waals surface area contributed by atoms with Crippen LogP contribution in [-0.4, -0.2) is 61.7 Å². The van der Waals surface area contributed by atoms with E-state index in [1.165, 1.54) is 39.5 Å². The Morgan fingerprint density at radius 2 is 1.94 bits per heavy atom. The molecule has 1 saturated heterocycles. The molecule has 0 aromatic heterocycles. The number of ether oxygens (including phenoxy) is 1. The first kappa shape index (κ1) is 22.7. The molecule has 0 unspecified atom stereocenters. The second-order valence-corrected chi connectivity index (χ2v) is 9.60. The molecule has 0 radical (unpaired) electrons. The number of nitrogens with zero attached hydrogens (tertiary/aromatic N) is 3. The van der Waals surface area contributed by atoms with E-state index in [1.54, 1.807) is 0 Å². The number of benzene rings is 2. The van der Waals surface area contributed by atoms with Gasteiger partial charge in [-0.05, 0) is 42.8 Å². The quantitative estimate of drug-likeness (QED) is 0.726. The summed E-state index contributed by atoms with van der Waals surface area (Å²) >= 11 is 0. The van der Waals surface area contributed by atoms with E-state index in [9.17, 15) is 22.4 Å². The van der Waals surface area contributed by atoms with Crippen LogP contribution in [0, 0.1) is 17.1 Å². The minimum Gasteiger partial charge on any atom is -0.478 e. The Kier molecular flexibility index (Phi) is 6.05. The fraction of sp³-hybridized carbons (Fsp3) is 0.318. The molecule has 4 rings (SSSR count). The van der Waals surface area contributed by atoms with E-state index in [1.807, 2.05) is 13.0 Å². The highest BCUT2D eigenvalue weighted by Gasteiger charge is 2.33. The number of amides is 2. The Hall–Kier alpha value is -3.49. The number of carbonyl (C=O) groups is 2. The fourth-order valence-corrected chi connectivity index (χ4v) is 5.22. The summed E-state index contributed by atoms with van der Waals surface area (Å²) in [6.45, 7) is 2.04. The number of nitrogens with one attached hydrogen (secondary N) is 1. The maximum Gasteiger partial charge on any atom is 0.265 e. The van der Waals surface area contributed by atoms with E-state index in [0.717, 1.165) is 6.07 Å². The summed E-state index contributed by atoms with van der Waals surface area (Å²) in [5.74, 6) is -1.28. The molecule has 2 amide bonds. The average molecular weight is 472 g/mol. The second-order valence-electron chi connectivity index (χ2n) is 7.66. The summed E-state index contributed by atoms with van der Waals surface area (Å²) in [6, 6.07) is 9.71. The molecule has 33 heavy (non-hydrogen) atoms. The number of anilines is 1. The zero-order valence-electron chi connectivity index (χ0n) is 17.7. The molecule has 9 nitrogen and oxygen atoms in total. The van der Waals surface area contributed by atoms with Crippen molar-refractivity contribution in [1.29, 1.82) is 5.26 Å². The number of carbonyl (C=O) groups excluding carboxylic acids is 2. The average Bonchev–Trinajstić information content (AvgIpc) is 2.82. The SMILES string of the molecule is CC[C@@H]1Oc2ccc(S(=O)(=O)N3CCN(C(=O)c4ccc(C#N)cc4F)CC3)cc2NC1=O. The van der Waals surface area contributed by atoms with E-state index in [2.05, 4.69) is 5.32 Å². The van der Waals surface area contributed by atoms with Gasteiger partial charge in [-0.1, -0.05) is 6.92 Å². The van der Waals surface area contributed by atoms with Crippen LogP contribution in [0.1, 0.15) is 29.3 Å². The first-order chi connectivity index (χ1) is 15.7. The fourth-order valence-electron chi connectivity index (χ4n) is 3.77. The normalized spacial score (nSPS) is 18.6. The van der Waals surface area contributed by atoms with E-state index in [-0.39, 0.29) is 53.8 Å². The minimum atomic E-state index is -3.88. The molecule has 2 aliphatic rings. The number of fused-ring (bicyclic) bond motifs is 1. The molecule has 1 N–H and O–H groups in total. The van der Waals surface area contributed by atoms with Crippen molar-refractivity contribution in [1.82, 2.24) is 9.21 Å². The molecule has 11 heteroatoms. The lowest BCUT2D eigenvalue weighted by Gasteiger charge is -2.34. The molecular formula is C22H21FN4O5S. The number of nitriles is 1. The lowest BCUT2D eigenvalue weighted by molar-refractivity contribution is -0.123. The van der Waals surface area contributed by atoms with Crippen LogP contribution in [0.5, 0.6) is 5.75 Å². The van der Waals surface area contributed by atoms with Crippen LogP contribution in [0.15, 0.2) is 41.3 Å². The largest absolute Gasteiger partial charge is 0.478 e. The Morgan fingerprint density at radius 1 is 1.21 bits per heavy atom. The van der Waals surface area contributed by atoms with Crippen molar-refractivity contribution in [3.8, 4) is 11.8 Å². The van der Waals surface area contributed by atoms with Crippen molar-refractivity contribution in [2.75, 3.05) is 31.5 Å². The third kappa shape index (κ3) is 4.27. The van der Waals surface area contributed by atoms with Gasteiger partial charge in [-0.15, -0.1) is 0 Å². The van der Waals surface area contributed by atoms with Crippen molar-refractivity contribution < 1.29 is 27.1 Å². The van der Waals surface area contributed by atoms with Gasteiger partial charge in [0.2, 0.25) is 10.0 Å². The van der Waals surface area contributed by atoms with Crippen molar-refractivity contribution in [3.05, 3.63) is 53.3 Å². The molecule has 0 aliphatic carbocycles. The Bertz CT molecular complexity index is 1270. The molecule has 1 fully saturated rings. The van der Waals surface area contributed by atoms with Gasteiger partial charge in [-0.25, -0.2) is 12.8 Å². The molecule has 2 aromatic rings. The Labute approximate surface area is 190 Å². The minimum absolute atomic E-state index is 0.00184. The summed E-state index contributed by atoms with van der Waals surface area (Å²) < 4.78 is 47.3. The Morgan fingerprint density at radius 3 is 2.58 bits per heavy atom. The van der Waals surface area contributed by atoms with Crippen LogP contribution in [0.4, 0.5) is 10.1 Å². The van der Waals surface area contributed by atoms with Crippen LogP contribution in [-0.2, 0) is 14.8 Å². The van der Waals surface area contributed by atoms with Crippen LogP contribution < -0.4 is 10.1 Å². The first-order valence-corrected chi connectivity index (χ1v) is 11.8. The second kappa shape index (κ2) is 8.80. The summed E-state index contributed by atoms with van der Waals surface area (Å²) in [6.07, 6.45) is -0.132. The maximum atomic E-state index is 14.2. The molecule has 2 aromatic carbocycles. The summed E-state index contributed by atoms with van der Waals surface area (Å²) in [7, 11) is -3.88. The van der Waals surface area contributed by atoms with E-state index >= 15 is 0 Å². The molecule has 0 saturated carbocycles. The number of rotatable bonds is 4. The zero-order valence-corrected chi connectivity index (χ0v) is 18.6. The lowest BCUT2D eigenvalue weighted by atomic mass is 10.1. The van der Waals surface area contributed by atoms with Gasteiger partial charge in [0.05, 0.1) is 27.8 Å². The molecule has 2 aliphatic heterocycles. The van der Waals surface area contributed by atoms with Gasteiger partial charge < -0.3 is 15.0 Å². The molecule has 0 spiro atoms. The van der Waals surface area contributed by atoms with Gasteiger partial charge in [0.25, 0.3) is 11.8 Å². The van der Waals surface area contributed by atoms with Gasteiger partial charge >= 0.3 is 0 Å². The number of hydrogen-bond donors (Lipinski definition) is 1. The monoisotopic (exact) mass is 472 g/mol. The lowest BCUT2D eigenvalue weighted by Crippen LogP contribution is -2.50. The van der Waals surface area contributed by atoms with Crippen molar-refractivity contribution >= 4 is 27.5 Å². The number of piperazine rings is 1. The van der Waals surface area contributed by atoms with Gasteiger partial charge in [-0.2, -0.15) is 9.57 Å². The van der Waals surface area contributed by atoms with E-state index in [4.69, 9.17) is 10.00 Å². The van der Waals surface area contributed by atoms with Crippen molar-refractivity contribution in [2.24, 2.45) is 0 Å². The van der Waals surface area contributed by atoms with Gasteiger partial charge in [-0.3, -0.25) is 9.59 Å². The number of hydrogen-bond acceptors (Lipinski definition) is 6. The maximum absolute atomic E-state index is 14.2. The number of halogens is 1. The standard InChI is InChI=1S/C22H21FN4O5S/c1-2-19-21(28)25-18-12-15(4-6-20(18)32-19)33(30,31)27-9-7-26(8-10-27)22(29)16-5-3-14(13-24)11-17(16)23/h3-6,11-12,19H,2,7-10H2,1H3,(H,25,28)/t19-/m0/s1. The van der Waals surface area contributed by atoms with Crippen LogP contribution >= 0.6 is 0 Å². The topological polar surface area (TPSA) is 120 Å². The molecular weight excluding hydrogens is 451 g/mol. The third-order valence-electron chi connectivity index (χ3n) is 5.63. The highest BCUT2D eigenvalue weighted by Crippen LogP contribution is 2.33. The molecule has 172 valence electrons. The van der Waals surface area contributed by atoms with Crippen molar-refractivity contribution in [3.63, 3.8) is 0 Å². The predicted molar refractivity (Wildman–Crippen MR) is 116 cm³/mol. The van der Waals surface area contributed by atoms with Crippen molar-refractivity contribution in [2.45, 2.75) is 24.3 Å². The zero-order chi connectivity index (χ0) is 23.8. The highest BCUT2D eigenvalue weighted by atomic mass is 32.2.